The van der Waals surface area contributed by atoms with E-state index in [9.17, 15) is 9.59 Å². The third-order valence-corrected chi connectivity index (χ3v) is 4.37. The van der Waals surface area contributed by atoms with Gasteiger partial charge in [-0.25, -0.2) is 5.43 Å². The topological polar surface area (TPSA) is 86.9 Å². The zero-order valence-electron chi connectivity index (χ0n) is 17.6. The Balaban J connectivity index is 1.81. The van der Waals surface area contributed by atoms with Gasteiger partial charge in [-0.1, -0.05) is 30.3 Å². The first-order chi connectivity index (χ1) is 14.9. The SMILES string of the molecule is Cc1ccc(/C=N/NC(=O)/C(=C/c2ccc(N(C)C)cc2)NC(=O)c2ccccc2)o1. The summed E-state index contributed by atoms with van der Waals surface area (Å²) in [7, 11) is 3.89. The highest BCUT2D eigenvalue weighted by molar-refractivity contribution is 6.05. The molecule has 0 aliphatic heterocycles. The second kappa shape index (κ2) is 10.1. The van der Waals surface area contributed by atoms with Crippen molar-refractivity contribution in [1.29, 1.82) is 0 Å². The summed E-state index contributed by atoms with van der Waals surface area (Å²) >= 11 is 0. The summed E-state index contributed by atoms with van der Waals surface area (Å²) in [4.78, 5) is 27.3. The molecule has 3 aromatic rings. The minimum Gasteiger partial charge on any atom is -0.460 e. The maximum absolute atomic E-state index is 12.7. The Hall–Kier alpha value is -4.13. The number of carbonyl (C=O) groups is 2. The molecule has 1 heterocycles. The van der Waals surface area contributed by atoms with Crippen LogP contribution in [-0.4, -0.2) is 32.1 Å². The molecule has 2 amide bonds. The molecule has 0 fully saturated rings. The van der Waals surface area contributed by atoms with Crippen LogP contribution in [0.25, 0.3) is 6.08 Å². The Kier molecular flexibility index (Phi) is 7.01. The maximum atomic E-state index is 12.7. The molecule has 0 saturated heterocycles. The number of furan rings is 1. The van der Waals surface area contributed by atoms with Crippen molar-refractivity contribution < 1.29 is 14.0 Å². The zero-order chi connectivity index (χ0) is 22.2. The summed E-state index contributed by atoms with van der Waals surface area (Å²) in [6.45, 7) is 1.82. The Labute approximate surface area is 181 Å². The van der Waals surface area contributed by atoms with Crippen LogP contribution in [0.5, 0.6) is 0 Å². The van der Waals surface area contributed by atoms with E-state index in [-0.39, 0.29) is 5.70 Å². The molecule has 7 nitrogen and oxygen atoms in total. The summed E-state index contributed by atoms with van der Waals surface area (Å²) in [5.41, 5.74) is 4.72. The standard InChI is InChI=1S/C24H24N4O3/c1-17-9-14-21(31-17)16-25-27-24(30)22(26-23(29)19-7-5-4-6-8-19)15-18-10-12-20(13-11-18)28(2)3/h4-16H,1-3H3,(H,26,29)(H,27,30)/b22-15-,25-16+. The van der Waals surface area contributed by atoms with Crippen LogP contribution in [0, 0.1) is 6.92 Å². The number of nitrogens with zero attached hydrogens (tertiary/aromatic N) is 2. The van der Waals surface area contributed by atoms with Crippen molar-refractivity contribution in [3.8, 4) is 0 Å². The lowest BCUT2D eigenvalue weighted by molar-refractivity contribution is -0.117. The van der Waals surface area contributed by atoms with Crippen LogP contribution >= 0.6 is 0 Å². The van der Waals surface area contributed by atoms with Gasteiger partial charge in [0.05, 0.1) is 6.21 Å². The van der Waals surface area contributed by atoms with Gasteiger partial charge in [-0.3, -0.25) is 9.59 Å². The number of amides is 2. The van der Waals surface area contributed by atoms with Crippen LogP contribution in [0.4, 0.5) is 5.69 Å². The molecule has 2 N–H and O–H groups in total. The number of nitrogens with one attached hydrogen (secondary N) is 2. The second-order valence-corrected chi connectivity index (χ2v) is 7.01. The van der Waals surface area contributed by atoms with Gasteiger partial charge in [-0.2, -0.15) is 5.10 Å². The van der Waals surface area contributed by atoms with Gasteiger partial charge in [0.1, 0.15) is 17.2 Å². The van der Waals surface area contributed by atoms with Crippen molar-refractivity contribution >= 4 is 29.8 Å². The van der Waals surface area contributed by atoms with Gasteiger partial charge in [0, 0.05) is 25.3 Å². The number of benzene rings is 2. The number of rotatable bonds is 7. The van der Waals surface area contributed by atoms with E-state index >= 15 is 0 Å². The highest BCUT2D eigenvalue weighted by atomic mass is 16.3. The van der Waals surface area contributed by atoms with Crippen molar-refractivity contribution in [1.82, 2.24) is 10.7 Å². The number of hydrazone groups is 1. The first-order valence-electron chi connectivity index (χ1n) is 9.68. The fourth-order valence-corrected chi connectivity index (χ4v) is 2.72. The van der Waals surface area contributed by atoms with E-state index in [1.807, 2.05) is 56.3 Å². The molecular weight excluding hydrogens is 392 g/mol. The minimum absolute atomic E-state index is 0.0687. The molecule has 158 valence electrons. The highest BCUT2D eigenvalue weighted by Crippen LogP contribution is 2.14. The first-order valence-corrected chi connectivity index (χ1v) is 9.68. The molecule has 0 saturated carbocycles. The normalized spacial score (nSPS) is 11.4. The molecule has 0 radical (unpaired) electrons. The molecule has 0 aliphatic carbocycles. The predicted molar refractivity (Wildman–Crippen MR) is 122 cm³/mol. The van der Waals surface area contributed by atoms with Crippen molar-refractivity contribution in [2.24, 2.45) is 5.10 Å². The van der Waals surface area contributed by atoms with Crippen LogP contribution in [0.15, 0.2) is 81.9 Å². The van der Waals surface area contributed by atoms with E-state index in [2.05, 4.69) is 15.8 Å². The number of carbonyl (C=O) groups excluding carboxylic acids is 2. The first kappa shape index (κ1) is 21.6. The lowest BCUT2D eigenvalue weighted by atomic mass is 10.1. The molecule has 7 heteroatoms. The quantitative estimate of drug-likeness (QED) is 0.350. The predicted octanol–water partition coefficient (Wildman–Crippen LogP) is 3.58. The van der Waals surface area contributed by atoms with Crippen molar-refractivity contribution in [3.63, 3.8) is 0 Å². The minimum atomic E-state index is -0.555. The van der Waals surface area contributed by atoms with Crippen LogP contribution in [0.2, 0.25) is 0 Å². The maximum Gasteiger partial charge on any atom is 0.287 e. The lowest BCUT2D eigenvalue weighted by Gasteiger charge is -2.12. The summed E-state index contributed by atoms with van der Waals surface area (Å²) in [6, 6.07) is 19.8. The number of hydrogen-bond acceptors (Lipinski definition) is 5. The fourth-order valence-electron chi connectivity index (χ4n) is 2.72. The van der Waals surface area contributed by atoms with Crippen LogP contribution < -0.4 is 15.6 Å². The number of aryl methyl sites for hydroxylation is 1. The smallest absolute Gasteiger partial charge is 0.287 e. The van der Waals surface area contributed by atoms with Gasteiger partial charge >= 0.3 is 0 Å². The average Bonchev–Trinajstić information content (AvgIpc) is 3.19. The van der Waals surface area contributed by atoms with Gasteiger partial charge < -0.3 is 14.6 Å². The van der Waals surface area contributed by atoms with Crippen LogP contribution in [-0.2, 0) is 4.79 Å². The zero-order valence-corrected chi connectivity index (χ0v) is 17.6. The van der Waals surface area contributed by atoms with Crippen molar-refractivity contribution in [2.45, 2.75) is 6.92 Å². The summed E-state index contributed by atoms with van der Waals surface area (Å²) < 4.78 is 5.39. The Bertz CT molecular complexity index is 1100. The van der Waals surface area contributed by atoms with Gasteiger partial charge in [-0.05, 0) is 55.0 Å². The fraction of sp³-hybridized carbons (Fsp3) is 0.125. The molecule has 0 bridgehead atoms. The molecule has 0 aliphatic rings. The summed E-state index contributed by atoms with van der Waals surface area (Å²) in [5.74, 6) is 0.304. The van der Waals surface area contributed by atoms with E-state index in [4.69, 9.17) is 4.42 Å². The Morgan fingerprint density at radius 2 is 1.68 bits per heavy atom. The molecule has 0 atom stereocenters. The van der Waals surface area contributed by atoms with E-state index in [1.165, 1.54) is 6.21 Å². The Morgan fingerprint density at radius 1 is 0.968 bits per heavy atom. The highest BCUT2D eigenvalue weighted by Gasteiger charge is 2.14. The van der Waals surface area contributed by atoms with E-state index in [0.29, 0.717) is 11.3 Å². The molecule has 0 unspecified atom stereocenters. The van der Waals surface area contributed by atoms with Gasteiger partial charge in [0.2, 0.25) is 0 Å². The molecule has 31 heavy (non-hydrogen) atoms. The van der Waals surface area contributed by atoms with Crippen molar-refractivity contribution in [2.75, 3.05) is 19.0 Å². The summed E-state index contributed by atoms with van der Waals surface area (Å²) in [6.07, 6.45) is 3.00. The molecule has 1 aromatic heterocycles. The van der Waals surface area contributed by atoms with E-state index < -0.39 is 11.8 Å². The molecule has 2 aromatic carbocycles. The third kappa shape index (κ3) is 6.17. The van der Waals surface area contributed by atoms with Crippen LogP contribution in [0.3, 0.4) is 0 Å². The molecule has 3 rings (SSSR count). The van der Waals surface area contributed by atoms with E-state index in [1.54, 1.807) is 42.5 Å². The number of anilines is 1. The lowest BCUT2D eigenvalue weighted by Crippen LogP contribution is -2.32. The van der Waals surface area contributed by atoms with E-state index in [0.717, 1.165) is 17.0 Å². The monoisotopic (exact) mass is 416 g/mol. The second-order valence-electron chi connectivity index (χ2n) is 7.01. The molecule has 0 spiro atoms. The van der Waals surface area contributed by atoms with Gasteiger partial charge in [-0.15, -0.1) is 0 Å². The van der Waals surface area contributed by atoms with Gasteiger partial charge in [0.15, 0.2) is 0 Å². The number of hydrogen-bond donors (Lipinski definition) is 2. The largest absolute Gasteiger partial charge is 0.460 e. The van der Waals surface area contributed by atoms with Crippen LogP contribution in [0.1, 0.15) is 27.4 Å². The molecular formula is C24H24N4O3. The van der Waals surface area contributed by atoms with Gasteiger partial charge in [0.25, 0.3) is 11.8 Å². The van der Waals surface area contributed by atoms with Crippen molar-refractivity contribution in [3.05, 3.63) is 95.1 Å². The average molecular weight is 416 g/mol. The summed E-state index contributed by atoms with van der Waals surface area (Å²) in [5, 5.41) is 6.59. The Morgan fingerprint density at radius 3 is 2.29 bits per heavy atom. The third-order valence-electron chi connectivity index (χ3n) is 4.37.